The first kappa shape index (κ1) is 14.6. The van der Waals surface area contributed by atoms with Crippen molar-refractivity contribution in [1.82, 2.24) is 0 Å². The Morgan fingerprint density at radius 3 is 1.90 bits per heavy atom. The Balaban J connectivity index is 2.23. The Hall–Kier alpha value is -1.78. The number of carbonyl (C=O) groups excluding carboxylic acids is 1. The maximum atomic E-state index is 12.5. The van der Waals surface area contributed by atoms with E-state index in [9.17, 15) is 4.79 Å². The van der Waals surface area contributed by atoms with E-state index < -0.39 is 0 Å². The normalized spacial score (nSPS) is 10.2. The maximum absolute atomic E-state index is 12.5. The molecule has 3 nitrogen and oxygen atoms in total. The van der Waals surface area contributed by atoms with Gasteiger partial charge < -0.3 is 5.73 Å². The lowest BCUT2D eigenvalue weighted by molar-refractivity contribution is -0.115. The third-order valence-corrected chi connectivity index (χ3v) is 3.74. The molecule has 0 aliphatic heterocycles. The van der Waals surface area contributed by atoms with Crippen molar-refractivity contribution in [3.05, 3.63) is 60.7 Å². The van der Waals surface area contributed by atoms with Crippen LogP contribution in [0.2, 0.25) is 0 Å². The van der Waals surface area contributed by atoms with E-state index in [1.54, 1.807) is 16.7 Å². The Morgan fingerprint density at radius 1 is 0.950 bits per heavy atom. The van der Waals surface area contributed by atoms with Crippen molar-refractivity contribution in [3.8, 4) is 0 Å². The first-order valence-electron chi connectivity index (χ1n) is 6.54. The summed E-state index contributed by atoms with van der Waals surface area (Å²) < 4.78 is 0. The highest BCUT2D eigenvalue weighted by Crippen LogP contribution is 2.25. The van der Waals surface area contributed by atoms with Gasteiger partial charge in [0.1, 0.15) is 0 Å². The number of nitrogens with zero attached hydrogens (tertiary/aromatic N) is 1. The first-order chi connectivity index (χ1) is 9.83. The van der Waals surface area contributed by atoms with Gasteiger partial charge in [-0.05, 0) is 24.3 Å². The fraction of sp³-hybridized carbons (Fsp3) is 0.188. The van der Waals surface area contributed by atoms with Crippen molar-refractivity contribution in [3.63, 3.8) is 0 Å². The fourth-order valence-electron chi connectivity index (χ4n) is 1.90. The second-order valence-electron chi connectivity index (χ2n) is 4.24. The topological polar surface area (TPSA) is 46.3 Å². The molecule has 4 heteroatoms. The minimum atomic E-state index is 0.0702. The molecule has 0 spiro atoms. The van der Waals surface area contributed by atoms with Gasteiger partial charge in [0.25, 0.3) is 0 Å². The largest absolute Gasteiger partial charge is 0.330 e. The van der Waals surface area contributed by atoms with E-state index in [2.05, 4.69) is 0 Å². The molecular formula is C16H18N2OS. The molecule has 2 rings (SSSR count). The molecule has 0 heterocycles. The Kier molecular flexibility index (Phi) is 5.65. The van der Waals surface area contributed by atoms with Crippen LogP contribution >= 0.6 is 11.8 Å². The van der Waals surface area contributed by atoms with Crippen LogP contribution in [-0.2, 0) is 4.79 Å². The summed E-state index contributed by atoms with van der Waals surface area (Å²) in [6, 6.07) is 19.4. The predicted octanol–water partition coefficient (Wildman–Crippen LogP) is 3.04. The van der Waals surface area contributed by atoms with Gasteiger partial charge in [0.15, 0.2) is 0 Å². The van der Waals surface area contributed by atoms with Gasteiger partial charge in [-0.15, -0.1) is 0 Å². The summed E-state index contributed by atoms with van der Waals surface area (Å²) in [5.74, 6) is 1.30. The lowest BCUT2D eigenvalue weighted by atomic mass is 10.2. The van der Waals surface area contributed by atoms with Gasteiger partial charge in [-0.2, -0.15) is 11.8 Å². The number of rotatable bonds is 6. The van der Waals surface area contributed by atoms with Crippen LogP contribution in [-0.4, -0.2) is 24.0 Å². The first-order valence-corrected chi connectivity index (χ1v) is 7.69. The Labute approximate surface area is 123 Å². The van der Waals surface area contributed by atoms with Crippen LogP contribution in [0.3, 0.4) is 0 Å². The van der Waals surface area contributed by atoms with E-state index in [4.69, 9.17) is 5.73 Å². The second kappa shape index (κ2) is 7.72. The zero-order valence-corrected chi connectivity index (χ0v) is 12.1. The van der Waals surface area contributed by atoms with Crippen LogP contribution in [0.5, 0.6) is 0 Å². The summed E-state index contributed by atoms with van der Waals surface area (Å²) in [4.78, 5) is 14.2. The van der Waals surface area contributed by atoms with E-state index in [0.29, 0.717) is 12.3 Å². The molecule has 0 aromatic heterocycles. The van der Waals surface area contributed by atoms with Gasteiger partial charge in [0.05, 0.1) is 5.75 Å². The highest BCUT2D eigenvalue weighted by molar-refractivity contribution is 7.99. The van der Waals surface area contributed by atoms with Crippen molar-refractivity contribution in [2.45, 2.75) is 0 Å². The quantitative estimate of drug-likeness (QED) is 0.830. The summed E-state index contributed by atoms with van der Waals surface area (Å²) in [7, 11) is 0. The molecule has 0 bridgehead atoms. The van der Waals surface area contributed by atoms with E-state index in [-0.39, 0.29) is 5.91 Å². The van der Waals surface area contributed by atoms with Crippen molar-refractivity contribution < 1.29 is 4.79 Å². The number of thioether (sulfide) groups is 1. The number of nitrogens with two attached hydrogens (primary N) is 1. The van der Waals surface area contributed by atoms with Crippen LogP contribution in [0, 0.1) is 0 Å². The number of benzene rings is 2. The number of hydrogen-bond acceptors (Lipinski definition) is 3. The highest BCUT2D eigenvalue weighted by atomic mass is 32.2. The molecule has 1 amide bonds. The molecule has 0 saturated heterocycles. The lowest BCUT2D eigenvalue weighted by Gasteiger charge is -2.22. The van der Waals surface area contributed by atoms with Crippen molar-refractivity contribution in [2.75, 3.05) is 23.0 Å². The molecule has 0 aliphatic carbocycles. The lowest BCUT2D eigenvalue weighted by Crippen LogP contribution is -2.27. The van der Waals surface area contributed by atoms with E-state index in [0.717, 1.165) is 17.1 Å². The molecule has 2 aromatic carbocycles. The van der Waals surface area contributed by atoms with Gasteiger partial charge in [0, 0.05) is 23.7 Å². The molecule has 2 aromatic rings. The number of hydrogen-bond donors (Lipinski definition) is 1. The third kappa shape index (κ3) is 3.85. The van der Waals surface area contributed by atoms with Crippen LogP contribution in [0.4, 0.5) is 11.4 Å². The number of para-hydroxylation sites is 2. The summed E-state index contributed by atoms with van der Waals surface area (Å²) in [5, 5.41) is 0. The van der Waals surface area contributed by atoms with E-state index in [1.165, 1.54) is 0 Å². The van der Waals surface area contributed by atoms with Crippen molar-refractivity contribution in [2.24, 2.45) is 5.73 Å². The summed E-state index contributed by atoms with van der Waals surface area (Å²) in [5.41, 5.74) is 7.24. The zero-order chi connectivity index (χ0) is 14.2. The Bertz CT molecular complexity index is 491. The average Bonchev–Trinajstić information content (AvgIpc) is 2.50. The summed E-state index contributed by atoms with van der Waals surface area (Å²) >= 11 is 1.56. The predicted molar refractivity (Wildman–Crippen MR) is 86.4 cm³/mol. The number of anilines is 2. The van der Waals surface area contributed by atoms with Crippen molar-refractivity contribution >= 4 is 29.0 Å². The molecule has 0 fully saturated rings. The molecule has 0 radical (unpaired) electrons. The molecule has 2 N–H and O–H groups in total. The summed E-state index contributed by atoms with van der Waals surface area (Å²) in [6.45, 7) is 0.592. The van der Waals surface area contributed by atoms with Gasteiger partial charge in [-0.3, -0.25) is 9.69 Å². The zero-order valence-electron chi connectivity index (χ0n) is 11.2. The standard InChI is InChI=1S/C16H18N2OS/c17-11-12-20-13-16(19)18(14-7-3-1-4-8-14)15-9-5-2-6-10-15/h1-10H,11-13,17H2. The molecule has 20 heavy (non-hydrogen) atoms. The second-order valence-corrected chi connectivity index (χ2v) is 5.35. The van der Waals surface area contributed by atoms with Gasteiger partial charge in [-0.1, -0.05) is 36.4 Å². The molecule has 0 aliphatic rings. The van der Waals surface area contributed by atoms with Crippen LogP contribution in [0.1, 0.15) is 0 Å². The summed E-state index contributed by atoms with van der Waals surface area (Å²) in [6.07, 6.45) is 0. The Morgan fingerprint density at radius 2 is 1.45 bits per heavy atom. The van der Waals surface area contributed by atoms with Crippen LogP contribution < -0.4 is 10.6 Å². The monoisotopic (exact) mass is 286 g/mol. The van der Waals surface area contributed by atoms with E-state index >= 15 is 0 Å². The smallest absolute Gasteiger partial charge is 0.241 e. The van der Waals surface area contributed by atoms with E-state index in [1.807, 2.05) is 60.7 Å². The molecule has 0 unspecified atom stereocenters. The number of amides is 1. The van der Waals surface area contributed by atoms with Crippen molar-refractivity contribution in [1.29, 1.82) is 0 Å². The van der Waals surface area contributed by atoms with Crippen LogP contribution in [0.25, 0.3) is 0 Å². The molecule has 0 atom stereocenters. The van der Waals surface area contributed by atoms with Gasteiger partial charge in [0.2, 0.25) is 5.91 Å². The highest BCUT2D eigenvalue weighted by Gasteiger charge is 2.17. The fourth-order valence-corrected chi connectivity index (χ4v) is 2.51. The minimum absolute atomic E-state index is 0.0702. The van der Waals surface area contributed by atoms with Gasteiger partial charge in [-0.25, -0.2) is 0 Å². The van der Waals surface area contributed by atoms with Gasteiger partial charge >= 0.3 is 0 Å². The molecular weight excluding hydrogens is 268 g/mol. The molecule has 104 valence electrons. The number of carbonyl (C=O) groups is 1. The molecule has 0 saturated carbocycles. The maximum Gasteiger partial charge on any atom is 0.241 e. The third-order valence-electron chi connectivity index (χ3n) is 2.77. The van der Waals surface area contributed by atoms with Crippen LogP contribution in [0.15, 0.2) is 60.7 Å². The SMILES string of the molecule is NCCSCC(=O)N(c1ccccc1)c1ccccc1. The average molecular weight is 286 g/mol. The minimum Gasteiger partial charge on any atom is -0.330 e.